The lowest BCUT2D eigenvalue weighted by Crippen LogP contribution is -2.46. The molecular formula is C28H27F2N5O6. The Hall–Kier alpha value is -4.78. The van der Waals surface area contributed by atoms with E-state index in [1.165, 1.54) is 32.4 Å². The highest BCUT2D eigenvalue weighted by atomic mass is 19.1. The molecule has 0 amide bonds. The third-order valence-corrected chi connectivity index (χ3v) is 7.12. The number of nitrogens with one attached hydrogen (secondary N) is 1. The number of rotatable bonds is 9. The summed E-state index contributed by atoms with van der Waals surface area (Å²) in [6, 6.07) is 8.85. The number of furan rings is 1. The van der Waals surface area contributed by atoms with Crippen molar-refractivity contribution >= 4 is 40.3 Å². The second-order valence-electron chi connectivity index (χ2n) is 9.29. The van der Waals surface area contributed by atoms with Crippen LogP contribution >= 0.6 is 0 Å². The lowest BCUT2D eigenvalue weighted by atomic mass is 10.0. The molecule has 0 atom stereocenters. The average Bonchev–Trinajstić information content (AvgIpc) is 3.35. The molecule has 1 fully saturated rings. The molecule has 3 heterocycles. The van der Waals surface area contributed by atoms with Gasteiger partial charge < -0.3 is 29.0 Å². The summed E-state index contributed by atoms with van der Waals surface area (Å²) in [5.74, 6) is -3.03. The number of nitro groups is 1. The van der Waals surface area contributed by atoms with Crippen LogP contribution in [0.1, 0.15) is 17.5 Å². The number of nitro benzene ring substituents is 1. The van der Waals surface area contributed by atoms with Crippen molar-refractivity contribution in [3.8, 4) is 22.6 Å². The minimum Gasteiger partial charge on any atom is -0.494 e. The van der Waals surface area contributed by atoms with Gasteiger partial charge in [-0.05, 0) is 30.8 Å². The van der Waals surface area contributed by atoms with Gasteiger partial charge in [-0.15, -0.1) is 0 Å². The van der Waals surface area contributed by atoms with Crippen molar-refractivity contribution in [1.82, 2.24) is 9.88 Å². The number of piperazine rings is 1. The maximum Gasteiger partial charge on any atom is 0.294 e. The zero-order valence-electron chi connectivity index (χ0n) is 22.6. The van der Waals surface area contributed by atoms with Crippen LogP contribution in [0.15, 0.2) is 40.8 Å². The lowest BCUT2D eigenvalue weighted by molar-refractivity contribution is -0.383. The number of nitrogens with zero attached hydrogens (tertiary/aromatic N) is 4. The van der Waals surface area contributed by atoms with Crippen molar-refractivity contribution in [2.24, 2.45) is 0 Å². The van der Waals surface area contributed by atoms with Crippen molar-refractivity contribution in [3.63, 3.8) is 0 Å². The van der Waals surface area contributed by atoms with E-state index >= 15 is 8.78 Å². The number of hydrogen-bond donors (Lipinski definition) is 1. The second kappa shape index (κ2) is 11.4. The maximum atomic E-state index is 15.4. The van der Waals surface area contributed by atoms with E-state index in [2.05, 4.69) is 27.0 Å². The summed E-state index contributed by atoms with van der Waals surface area (Å²) < 4.78 is 46.3. The monoisotopic (exact) mass is 567 g/mol. The van der Waals surface area contributed by atoms with Crippen LogP contribution in [0.25, 0.3) is 22.2 Å². The molecule has 1 saturated heterocycles. The Balaban J connectivity index is 1.56. The Kier molecular flexibility index (Phi) is 7.70. The van der Waals surface area contributed by atoms with Crippen molar-refractivity contribution in [1.29, 1.82) is 0 Å². The highest BCUT2D eigenvalue weighted by Gasteiger charge is 2.29. The molecule has 0 spiro atoms. The number of ether oxygens (including phenoxy) is 2. The molecule has 2 aromatic heterocycles. The van der Waals surface area contributed by atoms with Crippen LogP contribution in [0.5, 0.6) is 11.5 Å². The summed E-state index contributed by atoms with van der Waals surface area (Å²) in [5, 5.41) is 14.9. The SMILES string of the molecule is CCN1CCN(c2ccc(Nc3ccc4oc(C=O)c(-c5c(F)c(OC)cc(OC)c5F)c4n3)c([N+](=O)[O-])c2)CC1. The van der Waals surface area contributed by atoms with Gasteiger partial charge in [0.05, 0.1) is 30.3 Å². The molecule has 0 radical (unpaired) electrons. The van der Waals surface area contributed by atoms with Crippen LogP contribution in [0, 0.1) is 21.7 Å². The molecule has 0 aliphatic carbocycles. The quantitative estimate of drug-likeness (QED) is 0.160. The molecule has 0 unspecified atom stereocenters. The number of methoxy groups -OCH3 is 2. The number of aldehydes is 1. The molecule has 41 heavy (non-hydrogen) atoms. The fourth-order valence-corrected chi connectivity index (χ4v) is 4.93. The molecule has 5 rings (SSSR count). The molecule has 13 heteroatoms. The summed E-state index contributed by atoms with van der Waals surface area (Å²) in [4.78, 5) is 32.2. The van der Waals surface area contributed by atoms with Crippen LogP contribution in [0.4, 0.5) is 31.7 Å². The van der Waals surface area contributed by atoms with Gasteiger partial charge in [0, 0.05) is 44.0 Å². The number of aromatic nitrogens is 1. The van der Waals surface area contributed by atoms with Crippen LogP contribution in [-0.2, 0) is 0 Å². The molecule has 1 aliphatic rings. The van der Waals surface area contributed by atoms with E-state index in [1.54, 1.807) is 12.1 Å². The maximum absolute atomic E-state index is 15.4. The molecule has 1 aliphatic heterocycles. The van der Waals surface area contributed by atoms with Crippen molar-refractivity contribution in [2.75, 3.05) is 57.2 Å². The van der Waals surface area contributed by atoms with Gasteiger partial charge >= 0.3 is 0 Å². The van der Waals surface area contributed by atoms with Gasteiger partial charge in [0.2, 0.25) is 0 Å². The summed E-state index contributed by atoms with van der Waals surface area (Å²) >= 11 is 0. The van der Waals surface area contributed by atoms with Crippen LogP contribution in [0.2, 0.25) is 0 Å². The predicted molar refractivity (Wildman–Crippen MR) is 149 cm³/mol. The molecule has 4 aromatic rings. The average molecular weight is 568 g/mol. The zero-order chi connectivity index (χ0) is 29.3. The third kappa shape index (κ3) is 5.11. The van der Waals surface area contributed by atoms with E-state index < -0.39 is 22.1 Å². The molecule has 214 valence electrons. The number of likely N-dealkylation sites (N-methyl/N-ethyl adjacent to an activating group) is 1. The van der Waals surface area contributed by atoms with Crippen molar-refractivity contribution in [3.05, 3.63) is 63.9 Å². The standard InChI is InChI=1S/C28H27F2N5O6/c1-4-33-9-11-34(12-10-33)16-5-6-17(18(13-16)35(37)38)31-23-8-7-19-28(32-23)24(22(15-36)41-19)25-26(29)20(39-2)14-21(40-3)27(25)30/h5-8,13-15H,4,9-12H2,1-3H3,(H,31,32). The second-order valence-corrected chi connectivity index (χ2v) is 9.29. The first kappa shape index (κ1) is 27.8. The molecule has 0 saturated carbocycles. The summed E-state index contributed by atoms with van der Waals surface area (Å²) in [5.41, 5.74) is -0.112. The minimum atomic E-state index is -1.08. The number of benzene rings is 2. The Morgan fingerprint density at radius 1 is 1.05 bits per heavy atom. The fraction of sp³-hybridized carbons (Fsp3) is 0.286. The van der Waals surface area contributed by atoms with E-state index in [-0.39, 0.29) is 51.1 Å². The topological polar surface area (TPSA) is 123 Å². The first-order valence-corrected chi connectivity index (χ1v) is 12.8. The van der Waals surface area contributed by atoms with E-state index in [9.17, 15) is 14.9 Å². The van der Waals surface area contributed by atoms with Gasteiger partial charge in [0.25, 0.3) is 5.69 Å². The predicted octanol–water partition coefficient (Wildman–Crippen LogP) is 5.40. The first-order chi connectivity index (χ1) is 19.8. The molecule has 11 nitrogen and oxygen atoms in total. The number of carbonyl (C=O) groups is 1. The number of fused-ring (bicyclic) bond motifs is 1. The number of halogens is 2. The Morgan fingerprint density at radius 3 is 2.32 bits per heavy atom. The van der Waals surface area contributed by atoms with Gasteiger partial charge in [-0.1, -0.05) is 6.92 Å². The fourth-order valence-electron chi connectivity index (χ4n) is 4.93. The molecular weight excluding hydrogens is 540 g/mol. The van der Waals surface area contributed by atoms with Gasteiger partial charge in [-0.25, -0.2) is 13.8 Å². The van der Waals surface area contributed by atoms with Crippen molar-refractivity contribution in [2.45, 2.75) is 6.92 Å². The Labute approximate surface area is 233 Å². The largest absolute Gasteiger partial charge is 0.494 e. The smallest absolute Gasteiger partial charge is 0.294 e. The molecule has 1 N–H and O–H groups in total. The number of hydrogen-bond acceptors (Lipinski definition) is 10. The number of anilines is 3. The Morgan fingerprint density at radius 2 is 1.73 bits per heavy atom. The molecule has 0 bridgehead atoms. The Bertz CT molecular complexity index is 1610. The summed E-state index contributed by atoms with van der Waals surface area (Å²) in [6.45, 7) is 6.28. The first-order valence-electron chi connectivity index (χ1n) is 12.8. The van der Waals surface area contributed by atoms with E-state index in [0.29, 0.717) is 6.29 Å². The van der Waals surface area contributed by atoms with E-state index in [4.69, 9.17) is 13.9 Å². The van der Waals surface area contributed by atoms with Crippen molar-refractivity contribution < 1.29 is 32.4 Å². The normalized spacial score (nSPS) is 13.8. The summed E-state index contributed by atoms with van der Waals surface area (Å²) in [7, 11) is 2.41. The minimum absolute atomic E-state index is 0.0433. The number of pyridine rings is 1. The van der Waals surface area contributed by atoms with Gasteiger partial charge in [-0.2, -0.15) is 0 Å². The van der Waals surface area contributed by atoms with Gasteiger partial charge in [0.1, 0.15) is 17.0 Å². The third-order valence-electron chi connectivity index (χ3n) is 7.12. The lowest BCUT2D eigenvalue weighted by Gasteiger charge is -2.35. The highest BCUT2D eigenvalue weighted by Crippen LogP contribution is 2.43. The number of carbonyl (C=O) groups excluding carboxylic acids is 1. The van der Waals surface area contributed by atoms with Crippen LogP contribution in [0.3, 0.4) is 0 Å². The van der Waals surface area contributed by atoms with Crippen LogP contribution in [-0.4, -0.2) is 68.0 Å². The van der Waals surface area contributed by atoms with Gasteiger partial charge in [0.15, 0.2) is 40.8 Å². The van der Waals surface area contributed by atoms with Gasteiger partial charge in [-0.3, -0.25) is 14.9 Å². The van der Waals surface area contributed by atoms with E-state index in [1.807, 2.05) is 0 Å². The zero-order valence-corrected chi connectivity index (χ0v) is 22.6. The molecule has 2 aromatic carbocycles. The summed E-state index contributed by atoms with van der Waals surface area (Å²) in [6.07, 6.45) is 0.318. The highest BCUT2D eigenvalue weighted by molar-refractivity contribution is 6.01. The van der Waals surface area contributed by atoms with Crippen LogP contribution < -0.4 is 19.7 Å². The van der Waals surface area contributed by atoms with E-state index in [0.717, 1.165) is 44.5 Å².